The molecular formula is C18H20F2N2O3. The highest BCUT2D eigenvalue weighted by atomic mass is 19.3. The third-order valence-electron chi connectivity index (χ3n) is 3.88. The third kappa shape index (κ3) is 5.26. The molecule has 0 saturated carbocycles. The number of nitrogens with one attached hydrogen (secondary N) is 1. The highest BCUT2D eigenvalue weighted by molar-refractivity contribution is 6.01. The zero-order valence-corrected chi connectivity index (χ0v) is 14.1. The fourth-order valence-electron chi connectivity index (χ4n) is 2.76. The van der Waals surface area contributed by atoms with Gasteiger partial charge in [0, 0.05) is 13.2 Å². The molecule has 0 unspecified atom stereocenters. The summed E-state index contributed by atoms with van der Waals surface area (Å²) < 4.78 is 34.8. The first kappa shape index (κ1) is 18.9. The van der Waals surface area contributed by atoms with Crippen molar-refractivity contribution in [3.05, 3.63) is 34.4 Å². The molecule has 0 aromatic heterocycles. The van der Waals surface area contributed by atoms with Crippen LogP contribution in [0.2, 0.25) is 0 Å². The van der Waals surface area contributed by atoms with Crippen LogP contribution in [0.15, 0.2) is 17.7 Å². The molecule has 0 bridgehead atoms. The van der Waals surface area contributed by atoms with Crippen LogP contribution in [-0.4, -0.2) is 31.8 Å². The topological polar surface area (TPSA) is 71.4 Å². The number of hydrogen-bond acceptors (Lipinski definition) is 4. The Bertz CT molecular complexity index is 682. The quantitative estimate of drug-likeness (QED) is 0.632. The minimum absolute atomic E-state index is 0.0147. The Morgan fingerprint density at radius 3 is 2.68 bits per heavy atom. The highest BCUT2D eigenvalue weighted by Gasteiger charge is 2.18. The predicted molar refractivity (Wildman–Crippen MR) is 88.1 cm³/mol. The van der Waals surface area contributed by atoms with E-state index in [-0.39, 0.29) is 17.4 Å². The molecule has 134 valence electrons. The standard InChI is InChI=1S/C18H20F2N2O3/c1-11-6-13(7-12(2)16(11)25-18(19)20)8-14(9-21)17(23)22-10-15-4-3-5-24-15/h6-8,15,18H,3-5,10H2,1-2H3,(H,22,23)/b14-8+/t15-/m1/s1. The number of carbonyl (C=O) groups excluding carboxylic acids is 1. The lowest BCUT2D eigenvalue weighted by atomic mass is 10.0. The van der Waals surface area contributed by atoms with Crippen molar-refractivity contribution in [3.8, 4) is 11.8 Å². The summed E-state index contributed by atoms with van der Waals surface area (Å²) in [7, 11) is 0. The lowest BCUT2D eigenvalue weighted by molar-refractivity contribution is -0.117. The van der Waals surface area contributed by atoms with Gasteiger partial charge in [0.15, 0.2) is 0 Å². The number of alkyl halides is 2. The first-order chi connectivity index (χ1) is 11.9. The molecule has 2 rings (SSSR count). The number of nitrogens with zero attached hydrogens (tertiary/aromatic N) is 1. The Kier molecular flexibility index (Phi) is 6.48. The molecule has 1 fully saturated rings. The smallest absolute Gasteiger partial charge is 0.387 e. The van der Waals surface area contributed by atoms with Gasteiger partial charge in [0.2, 0.25) is 0 Å². The zero-order valence-electron chi connectivity index (χ0n) is 14.1. The van der Waals surface area contributed by atoms with Gasteiger partial charge in [-0.05, 0) is 61.6 Å². The van der Waals surface area contributed by atoms with Crippen LogP contribution in [0.4, 0.5) is 8.78 Å². The van der Waals surface area contributed by atoms with E-state index >= 15 is 0 Å². The van der Waals surface area contributed by atoms with E-state index in [1.807, 2.05) is 6.07 Å². The van der Waals surface area contributed by atoms with Gasteiger partial charge in [-0.25, -0.2) is 0 Å². The Balaban J connectivity index is 2.12. The molecule has 0 aliphatic carbocycles. The summed E-state index contributed by atoms with van der Waals surface area (Å²) in [5.41, 5.74) is 1.52. The molecule has 1 aromatic carbocycles. The summed E-state index contributed by atoms with van der Waals surface area (Å²) in [6.45, 7) is 1.40. The van der Waals surface area contributed by atoms with Gasteiger partial charge in [-0.1, -0.05) is 0 Å². The van der Waals surface area contributed by atoms with Crippen molar-refractivity contribution in [1.82, 2.24) is 5.32 Å². The monoisotopic (exact) mass is 350 g/mol. The molecule has 0 spiro atoms. The number of hydrogen-bond donors (Lipinski definition) is 1. The van der Waals surface area contributed by atoms with Crippen LogP contribution in [0.25, 0.3) is 6.08 Å². The molecule has 1 heterocycles. The number of carbonyl (C=O) groups is 1. The van der Waals surface area contributed by atoms with E-state index < -0.39 is 12.5 Å². The summed E-state index contributed by atoms with van der Waals surface area (Å²) in [5.74, 6) is -0.380. The maximum absolute atomic E-state index is 12.4. The Morgan fingerprint density at radius 2 is 2.16 bits per heavy atom. The average Bonchev–Trinajstić information content (AvgIpc) is 3.07. The first-order valence-corrected chi connectivity index (χ1v) is 7.98. The molecule has 1 atom stereocenters. The van der Waals surface area contributed by atoms with Crippen LogP contribution in [-0.2, 0) is 9.53 Å². The van der Waals surface area contributed by atoms with Gasteiger partial charge in [0.1, 0.15) is 17.4 Å². The van der Waals surface area contributed by atoms with Crippen LogP contribution in [0, 0.1) is 25.2 Å². The van der Waals surface area contributed by atoms with Crippen LogP contribution < -0.4 is 10.1 Å². The highest BCUT2D eigenvalue weighted by Crippen LogP contribution is 2.27. The van der Waals surface area contributed by atoms with Crippen molar-refractivity contribution < 1.29 is 23.0 Å². The lowest BCUT2D eigenvalue weighted by Gasteiger charge is -2.12. The van der Waals surface area contributed by atoms with Crippen molar-refractivity contribution >= 4 is 12.0 Å². The number of halogens is 2. The number of amides is 1. The largest absolute Gasteiger partial charge is 0.434 e. The first-order valence-electron chi connectivity index (χ1n) is 7.98. The second-order valence-corrected chi connectivity index (χ2v) is 5.88. The zero-order chi connectivity index (χ0) is 18.4. The molecule has 1 saturated heterocycles. The maximum Gasteiger partial charge on any atom is 0.387 e. The fourth-order valence-corrected chi connectivity index (χ4v) is 2.76. The number of rotatable bonds is 6. The minimum Gasteiger partial charge on any atom is -0.434 e. The van der Waals surface area contributed by atoms with Crippen LogP contribution in [0.1, 0.15) is 29.5 Å². The molecule has 25 heavy (non-hydrogen) atoms. The third-order valence-corrected chi connectivity index (χ3v) is 3.88. The number of nitriles is 1. The van der Waals surface area contributed by atoms with Crippen LogP contribution in [0.3, 0.4) is 0 Å². The van der Waals surface area contributed by atoms with E-state index in [0.29, 0.717) is 29.8 Å². The van der Waals surface area contributed by atoms with Crippen molar-refractivity contribution in [2.45, 2.75) is 39.4 Å². The van der Waals surface area contributed by atoms with Crippen molar-refractivity contribution in [2.75, 3.05) is 13.2 Å². The second-order valence-electron chi connectivity index (χ2n) is 5.88. The number of benzene rings is 1. The summed E-state index contributed by atoms with van der Waals surface area (Å²) >= 11 is 0. The van der Waals surface area contributed by atoms with E-state index in [0.717, 1.165) is 12.8 Å². The van der Waals surface area contributed by atoms with Crippen molar-refractivity contribution in [1.29, 1.82) is 5.26 Å². The predicted octanol–water partition coefficient (Wildman–Crippen LogP) is 3.11. The van der Waals surface area contributed by atoms with Gasteiger partial charge >= 0.3 is 6.61 Å². The van der Waals surface area contributed by atoms with E-state index in [2.05, 4.69) is 10.1 Å². The molecule has 1 aliphatic rings. The van der Waals surface area contributed by atoms with Crippen LogP contribution in [0.5, 0.6) is 5.75 Å². The lowest BCUT2D eigenvalue weighted by Crippen LogP contribution is -2.32. The summed E-state index contributed by atoms with van der Waals surface area (Å²) in [5, 5.41) is 11.9. The van der Waals surface area contributed by atoms with E-state index in [1.165, 1.54) is 6.08 Å². The van der Waals surface area contributed by atoms with Gasteiger partial charge in [-0.2, -0.15) is 14.0 Å². The number of ether oxygens (including phenoxy) is 2. The van der Waals surface area contributed by atoms with Gasteiger partial charge < -0.3 is 14.8 Å². The molecule has 1 N–H and O–H groups in total. The number of aryl methyl sites for hydroxylation is 2. The fraction of sp³-hybridized carbons (Fsp3) is 0.444. The Morgan fingerprint density at radius 1 is 1.48 bits per heavy atom. The van der Waals surface area contributed by atoms with Gasteiger partial charge in [0.05, 0.1) is 6.10 Å². The molecule has 1 amide bonds. The van der Waals surface area contributed by atoms with Gasteiger partial charge in [0.25, 0.3) is 5.91 Å². The molecule has 5 nitrogen and oxygen atoms in total. The van der Waals surface area contributed by atoms with Crippen LogP contribution >= 0.6 is 0 Å². The summed E-state index contributed by atoms with van der Waals surface area (Å²) in [6.07, 6.45) is 3.26. The average molecular weight is 350 g/mol. The Hall–Kier alpha value is -2.46. The molecule has 0 radical (unpaired) electrons. The molecule has 1 aromatic rings. The second kappa shape index (κ2) is 8.58. The SMILES string of the molecule is Cc1cc(/C=C(\C#N)C(=O)NC[C@H]2CCCO2)cc(C)c1OC(F)F. The molecular weight excluding hydrogens is 330 g/mol. The van der Waals surface area contributed by atoms with Crippen molar-refractivity contribution in [3.63, 3.8) is 0 Å². The van der Waals surface area contributed by atoms with E-state index in [9.17, 15) is 18.8 Å². The van der Waals surface area contributed by atoms with E-state index in [4.69, 9.17) is 4.74 Å². The molecule has 7 heteroatoms. The molecule has 1 aliphatic heterocycles. The summed E-state index contributed by atoms with van der Waals surface area (Å²) in [6, 6.07) is 5.05. The van der Waals surface area contributed by atoms with Gasteiger partial charge in [-0.3, -0.25) is 4.79 Å². The van der Waals surface area contributed by atoms with Crippen molar-refractivity contribution in [2.24, 2.45) is 0 Å². The van der Waals surface area contributed by atoms with Gasteiger partial charge in [-0.15, -0.1) is 0 Å². The summed E-state index contributed by atoms with van der Waals surface area (Å²) in [4.78, 5) is 12.1. The Labute approximate surface area is 145 Å². The van der Waals surface area contributed by atoms with E-state index in [1.54, 1.807) is 26.0 Å². The maximum atomic E-state index is 12.4. The normalized spacial score (nSPS) is 17.4. The minimum atomic E-state index is -2.91.